The van der Waals surface area contributed by atoms with Crippen molar-refractivity contribution < 1.29 is 0 Å². The van der Waals surface area contributed by atoms with Gasteiger partial charge in [-0.25, -0.2) is 0 Å². The molecule has 2 aromatic carbocycles. The van der Waals surface area contributed by atoms with Gasteiger partial charge in [0.15, 0.2) is 0 Å². The lowest BCUT2D eigenvalue weighted by Gasteiger charge is -2.35. The molecule has 0 bridgehead atoms. The summed E-state index contributed by atoms with van der Waals surface area (Å²) in [4.78, 5) is 5.18. The van der Waals surface area contributed by atoms with E-state index in [4.69, 9.17) is 11.6 Å². The van der Waals surface area contributed by atoms with Crippen molar-refractivity contribution in [1.82, 2.24) is 10.2 Å². The van der Waals surface area contributed by atoms with E-state index >= 15 is 0 Å². The van der Waals surface area contributed by atoms with Gasteiger partial charge in [-0.2, -0.15) is 0 Å². The zero-order valence-electron chi connectivity index (χ0n) is 12.4. The fourth-order valence-electron chi connectivity index (χ4n) is 3.42. The molecule has 2 heterocycles. The van der Waals surface area contributed by atoms with Crippen molar-refractivity contribution in [3.63, 3.8) is 0 Å². The number of fused-ring (bicyclic) bond motifs is 2. The standard InChI is InChI=1S/C18H19ClN2S/c19-15-6-3-5-14-16(21-10-8-20-9-11-21)12-13-4-1-2-7-17(13)22-18(14)15/h1-7,16,20H,8-12H2/t16-/m1/s1. The monoisotopic (exact) mass is 330 g/mol. The van der Waals surface area contributed by atoms with Gasteiger partial charge in [0, 0.05) is 42.0 Å². The normalized spacial score (nSPS) is 21.8. The molecule has 0 unspecified atom stereocenters. The van der Waals surface area contributed by atoms with E-state index in [1.54, 1.807) is 0 Å². The highest BCUT2D eigenvalue weighted by Gasteiger charge is 2.29. The molecule has 0 aliphatic carbocycles. The minimum Gasteiger partial charge on any atom is -0.314 e. The molecule has 22 heavy (non-hydrogen) atoms. The first-order valence-corrected chi connectivity index (χ1v) is 9.01. The van der Waals surface area contributed by atoms with E-state index < -0.39 is 0 Å². The van der Waals surface area contributed by atoms with E-state index in [-0.39, 0.29) is 0 Å². The minimum absolute atomic E-state index is 0.423. The van der Waals surface area contributed by atoms with Crippen LogP contribution in [0.15, 0.2) is 52.3 Å². The molecule has 0 spiro atoms. The zero-order chi connectivity index (χ0) is 14.9. The average molecular weight is 331 g/mol. The molecule has 0 radical (unpaired) electrons. The third-order valence-electron chi connectivity index (χ3n) is 4.55. The molecule has 0 amide bonds. The third kappa shape index (κ3) is 2.67. The second kappa shape index (κ2) is 6.25. The lowest BCUT2D eigenvalue weighted by molar-refractivity contribution is 0.170. The number of rotatable bonds is 1. The van der Waals surface area contributed by atoms with Gasteiger partial charge in [0.25, 0.3) is 0 Å². The van der Waals surface area contributed by atoms with Gasteiger partial charge in [-0.05, 0) is 29.7 Å². The first-order valence-electron chi connectivity index (χ1n) is 7.82. The van der Waals surface area contributed by atoms with E-state index in [2.05, 4.69) is 46.6 Å². The highest BCUT2D eigenvalue weighted by Crippen LogP contribution is 2.45. The minimum atomic E-state index is 0.423. The quantitative estimate of drug-likeness (QED) is 0.851. The number of hydrogen-bond acceptors (Lipinski definition) is 3. The number of hydrogen-bond donors (Lipinski definition) is 1. The lowest BCUT2D eigenvalue weighted by atomic mass is 9.97. The van der Waals surface area contributed by atoms with Gasteiger partial charge in [-0.3, -0.25) is 4.90 Å². The molecule has 2 aliphatic rings. The first-order chi connectivity index (χ1) is 10.8. The Hall–Kier alpha value is -1.00. The molecule has 1 saturated heterocycles. The van der Waals surface area contributed by atoms with Crippen molar-refractivity contribution in [3.05, 3.63) is 58.6 Å². The van der Waals surface area contributed by atoms with E-state index in [0.717, 1.165) is 37.6 Å². The molecule has 0 aromatic heterocycles. The van der Waals surface area contributed by atoms with Crippen molar-refractivity contribution in [2.45, 2.75) is 22.3 Å². The predicted octanol–water partition coefficient (Wildman–Crippen LogP) is 3.99. The number of nitrogens with zero attached hydrogens (tertiary/aromatic N) is 1. The first kappa shape index (κ1) is 14.6. The summed E-state index contributed by atoms with van der Waals surface area (Å²) in [6, 6.07) is 15.5. The largest absolute Gasteiger partial charge is 0.314 e. The fourth-order valence-corrected chi connectivity index (χ4v) is 4.85. The SMILES string of the molecule is Clc1cccc2c1Sc1ccccc1C[C@H]2N1CCNCC1. The molecule has 1 fully saturated rings. The molecule has 4 heteroatoms. The molecule has 0 saturated carbocycles. The number of piperazine rings is 1. The Labute approximate surface area is 140 Å². The van der Waals surface area contributed by atoms with Crippen molar-refractivity contribution in [2.24, 2.45) is 0 Å². The lowest BCUT2D eigenvalue weighted by Crippen LogP contribution is -2.45. The maximum atomic E-state index is 6.53. The van der Waals surface area contributed by atoms with Crippen molar-refractivity contribution in [2.75, 3.05) is 26.2 Å². The Morgan fingerprint density at radius 1 is 1.05 bits per heavy atom. The Bertz CT molecular complexity index is 683. The van der Waals surface area contributed by atoms with Gasteiger partial charge < -0.3 is 5.32 Å². The third-order valence-corrected chi connectivity index (χ3v) is 6.25. The maximum Gasteiger partial charge on any atom is 0.0548 e. The summed E-state index contributed by atoms with van der Waals surface area (Å²) < 4.78 is 0. The summed E-state index contributed by atoms with van der Waals surface area (Å²) in [6.07, 6.45) is 1.07. The van der Waals surface area contributed by atoms with Gasteiger partial charge in [0.2, 0.25) is 0 Å². The maximum absolute atomic E-state index is 6.53. The van der Waals surface area contributed by atoms with Crippen molar-refractivity contribution in [1.29, 1.82) is 0 Å². The molecular formula is C18H19ClN2S. The van der Waals surface area contributed by atoms with Gasteiger partial charge in [0.1, 0.15) is 0 Å². The molecule has 2 nitrogen and oxygen atoms in total. The van der Waals surface area contributed by atoms with Gasteiger partial charge in [-0.1, -0.05) is 53.7 Å². The molecule has 4 rings (SSSR count). The van der Waals surface area contributed by atoms with E-state index in [0.29, 0.717) is 6.04 Å². The summed E-state index contributed by atoms with van der Waals surface area (Å²) in [7, 11) is 0. The van der Waals surface area contributed by atoms with Crippen molar-refractivity contribution >= 4 is 23.4 Å². The summed E-state index contributed by atoms with van der Waals surface area (Å²) in [5.74, 6) is 0. The smallest absolute Gasteiger partial charge is 0.0548 e. The fraction of sp³-hybridized carbons (Fsp3) is 0.333. The number of benzene rings is 2. The van der Waals surface area contributed by atoms with Crippen LogP contribution in [0.25, 0.3) is 0 Å². The Morgan fingerprint density at radius 3 is 2.73 bits per heavy atom. The van der Waals surface area contributed by atoms with E-state index in [9.17, 15) is 0 Å². The van der Waals surface area contributed by atoms with Gasteiger partial charge in [0.05, 0.1) is 5.02 Å². The van der Waals surface area contributed by atoms with Crippen LogP contribution in [0.2, 0.25) is 5.02 Å². The van der Waals surface area contributed by atoms with E-state index in [1.807, 2.05) is 17.8 Å². The molecule has 1 N–H and O–H groups in total. The van der Waals surface area contributed by atoms with Gasteiger partial charge in [-0.15, -0.1) is 0 Å². The number of nitrogens with one attached hydrogen (secondary N) is 1. The second-order valence-corrected chi connectivity index (χ2v) is 7.33. The van der Waals surface area contributed by atoms with Crippen LogP contribution in [0.1, 0.15) is 17.2 Å². The molecule has 114 valence electrons. The second-order valence-electron chi connectivity index (χ2n) is 5.87. The van der Waals surface area contributed by atoms with Crippen molar-refractivity contribution in [3.8, 4) is 0 Å². The summed E-state index contributed by atoms with van der Waals surface area (Å²) in [5, 5.41) is 4.33. The summed E-state index contributed by atoms with van der Waals surface area (Å²) >= 11 is 8.36. The van der Waals surface area contributed by atoms with Gasteiger partial charge >= 0.3 is 0 Å². The van der Waals surface area contributed by atoms with Crippen LogP contribution in [0.5, 0.6) is 0 Å². The van der Waals surface area contributed by atoms with Crippen LogP contribution in [0.4, 0.5) is 0 Å². The van der Waals surface area contributed by atoms with Crippen LogP contribution in [0.3, 0.4) is 0 Å². The van der Waals surface area contributed by atoms with Crippen LogP contribution in [-0.2, 0) is 6.42 Å². The zero-order valence-corrected chi connectivity index (χ0v) is 14.0. The van der Waals surface area contributed by atoms with Crippen LogP contribution in [-0.4, -0.2) is 31.1 Å². The topological polar surface area (TPSA) is 15.3 Å². The number of halogens is 1. The summed E-state index contributed by atoms with van der Waals surface area (Å²) in [5.41, 5.74) is 2.82. The predicted molar refractivity (Wildman–Crippen MR) is 92.9 cm³/mol. The van der Waals surface area contributed by atoms with E-state index in [1.165, 1.54) is 20.9 Å². The average Bonchev–Trinajstić information content (AvgIpc) is 2.73. The molecule has 2 aromatic rings. The summed E-state index contributed by atoms with van der Waals surface area (Å²) in [6.45, 7) is 4.34. The van der Waals surface area contributed by atoms with Crippen LogP contribution in [0, 0.1) is 0 Å². The van der Waals surface area contributed by atoms with Crippen LogP contribution >= 0.6 is 23.4 Å². The molecule has 1 atom stereocenters. The highest BCUT2D eigenvalue weighted by atomic mass is 35.5. The van der Waals surface area contributed by atoms with Crippen LogP contribution < -0.4 is 5.32 Å². The Morgan fingerprint density at radius 2 is 1.86 bits per heavy atom. The molecular weight excluding hydrogens is 312 g/mol. The Kier molecular flexibility index (Phi) is 4.14. The highest BCUT2D eigenvalue weighted by molar-refractivity contribution is 7.99. The Balaban J connectivity index is 1.82. The molecule has 2 aliphatic heterocycles.